The van der Waals surface area contributed by atoms with Crippen molar-refractivity contribution in [1.29, 1.82) is 0 Å². The third-order valence-electron chi connectivity index (χ3n) is 4.79. The van der Waals surface area contributed by atoms with Crippen molar-refractivity contribution in [3.05, 3.63) is 69.0 Å². The number of nitrogens with one attached hydrogen (secondary N) is 2. The summed E-state index contributed by atoms with van der Waals surface area (Å²) in [4.78, 5) is 42.0. The topological polar surface area (TPSA) is 98.0 Å². The fraction of sp³-hybridized carbons (Fsp3) is 0.150. The van der Waals surface area contributed by atoms with E-state index in [1.54, 1.807) is 35.9 Å². The number of aromatic nitrogens is 3. The summed E-state index contributed by atoms with van der Waals surface area (Å²) in [5.74, 6) is -0.609. The predicted molar refractivity (Wildman–Crippen MR) is 112 cm³/mol. The van der Waals surface area contributed by atoms with E-state index >= 15 is 0 Å². The minimum atomic E-state index is -0.565. The Morgan fingerprint density at radius 2 is 1.66 bits per heavy atom. The molecule has 146 valence electrons. The van der Waals surface area contributed by atoms with Crippen LogP contribution in [0.4, 0.5) is 0 Å². The molecule has 9 heteroatoms. The maximum absolute atomic E-state index is 13.1. The van der Waals surface area contributed by atoms with Gasteiger partial charge in [-0.1, -0.05) is 12.1 Å². The zero-order valence-electron chi connectivity index (χ0n) is 15.9. The van der Waals surface area contributed by atoms with Gasteiger partial charge in [-0.05, 0) is 62.8 Å². The highest BCUT2D eigenvalue weighted by atomic mass is 32.1. The molecule has 0 bridgehead atoms. The maximum Gasteiger partial charge on any atom is 0.280 e. The van der Waals surface area contributed by atoms with Crippen LogP contribution in [0, 0.1) is 20.8 Å². The van der Waals surface area contributed by atoms with Crippen LogP contribution < -0.4 is 16.2 Å². The lowest BCUT2D eigenvalue weighted by Crippen LogP contribution is -2.51. The zero-order chi connectivity index (χ0) is 20.9. The largest absolute Gasteiger partial charge is 0.299 e. The first-order valence-corrected chi connectivity index (χ1v) is 9.25. The predicted octanol–water partition coefficient (Wildman–Crippen LogP) is 1.35. The smallest absolute Gasteiger partial charge is 0.280 e. The van der Waals surface area contributed by atoms with Crippen LogP contribution in [-0.2, 0) is 9.59 Å². The van der Waals surface area contributed by atoms with Gasteiger partial charge < -0.3 is 0 Å². The third-order valence-corrected chi connectivity index (χ3v) is 5.00. The van der Waals surface area contributed by atoms with Crippen molar-refractivity contribution in [3.63, 3.8) is 0 Å². The van der Waals surface area contributed by atoms with Gasteiger partial charge in [-0.3, -0.25) is 29.7 Å². The van der Waals surface area contributed by atoms with Crippen LogP contribution in [0.2, 0.25) is 0 Å². The molecule has 1 aliphatic rings. The van der Waals surface area contributed by atoms with Crippen molar-refractivity contribution in [2.75, 3.05) is 0 Å². The Hall–Kier alpha value is -3.59. The zero-order valence-corrected chi connectivity index (χ0v) is 16.8. The summed E-state index contributed by atoms with van der Waals surface area (Å²) in [6, 6.07) is 8.96. The van der Waals surface area contributed by atoms with E-state index in [2.05, 4.69) is 15.6 Å². The van der Waals surface area contributed by atoms with Gasteiger partial charge in [-0.15, -0.1) is 0 Å². The van der Waals surface area contributed by atoms with E-state index < -0.39 is 11.8 Å². The lowest BCUT2D eigenvalue weighted by atomic mass is 10.1. The monoisotopic (exact) mass is 407 g/mol. The molecule has 3 heterocycles. The summed E-state index contributed by atoms with van der Waals surface area (Å²) in [5, 5.41) is 5.31. The molecule has 2 N–H and O–H groups in total. The third kappa shape index (κ3) is 3.05. The van der Waals surface area contributed by atoms with E-state index in [0.29, 0.717) is 28.0 Å². The van der Waals surface area contributed by atoms with Crippen molar-refractivity contribution in [2.24, 2.45) is 0 Å². The van der Waals surface area contributed by atoms with Gasteiger partial charge in [0.1, 0.15) is 11.4 Å². The molecular formula is C20H17N5O3S. The average molecular weight is 407 g/mol. The molecule has 0 radical (unpaired) electrons. The second kappa shape index (κ2) is 6.78. The van der Waals surface area contributed by atoms with E-state index in [1.807, 2.05) is 19.9 Å². The van der Waals surface area contributed by atoms with Crippen LogP contribution in [-0.4, -0.2) is 31.3 Å². The van der Waals surface area contributed by atoms with Gasteiger partial charge >= 0.3 is 0 Å². The molecule has 0 spiro atoms. The Morgan fingerprint density at radius 3 is 2.34 bits per heavy atom. The number of hydrogen-bond acceptors (Lipinski definition) is 5. The Labute approximate surface area is 170 Å². The lowest BCUT2D eigenvalue weighted by molar-refractivity contribution is -0.123. The molecule has 0 atom stereocenters. The van der Waals surface area contributed by atoms with Gasteiger partial charge in [0.2, 0.25) is 0 Å². The van der Waals surface area contributed by atoms with Crippen LogP contribution in [0.25, 0.3) is 17.0 Å². The number of amides is 2. The summed E-state index contributed by atoms with van der Waals surface area (Å²) >= 11 is 4.82. The number of thiocarbonyl (C=S) groups is 1. The van der Waals surface area contributed by atoms with Crippen LogP contribution >= 0.6 is 12.2 Å². The van der Waals surface area contributed by atoms with Crippen LogP contribution in [0.1, 0.15) is 22.8 Å². The number of aryl methyl sites for hydroxylation is 2. The number of rotatable bonds is 2. The molecule has 1 aliphatic heterocycles. The molecule has 8 nitrogen and oxygen atoms in total. The van der Waals surface area contributed by atoms with Crippen LogP contribution in [0.5, 0.6) is 0 Å². The molecule has 0 aliphatic carbocycles. The summed E-state index contributed by atoms with van der Waals surface area (Å²) < 4.78 is 3.22. The molecule has 29 heavy (non-hydrogen) atoms. The number of benzene rings is 1. The highest BCUT2D eigenvalue weighted by Gasteiger charge is 2.26. The van der Waals surface area contributed by atoms with Gasteiger partial charge in [-0.25, -0.2) is 4.98 Å². The number of fused-ring (bicyclic) bond motifs is 1. The maximum atomic E-state index is 13.1. The van der Waals surface area contributed by atoms with E-state index in [0.717, 1.165) is 5.69 Å². The second-order valence-electron chi connectivity index (χ2n) is 6.73. The standard InChI is InChI=1S/C20H17N5O3S/c1-10-8-13(9-15-17(26)22-20(29)23-18(15)27)11(2)24(10)25-12(3)21-16-7-5-4-6-14(16)19(25)28/h4-9H,1-3H3,(H2,22,23,26,27,29). The minimum Gasteiger partial charge on any atom is -0.299 e. The van der Waals surface area contributed by atoms with Gasteiger partial charge in [0.25, 0.3) is 17.4 Å². The van der Waals surface area contributed by atoms with Gasteiger partial charge in [0, 0.05) is 11.4 Å². The van der Waals surface area contributed by atoms with Crippen molar-refractivity contribution in [1.82, 2.24) is 25.0 Å². The molecule has 0 unspecified atom stereocenters. The number of hydrogen-bond donors (Lipinski definition) is 2. The summed E-state index contributed by atoms with van der Waals surface area (Å²) in [5.41, 5.74) is 2.44. The molecule has 2 aromatic heterocycles. The molecule has 1 saturated heterocycles. The molecule has 1 fully saturated rings. The summed E-state index contributed by atoms with van der Waals surface area (Å²) in [7, 11) is 0. The summed E-state index contributed by atoms with van der Waals surface area (Å²) in [6.07, 6.45) is 1.49. The highest BCUT2D eigenvalue weighted by Crippen LogP contribution is 2.20. The van der Waals surface area contributed by atoms with E-state index in [-0.39, 0.29) is 16.2 Å². The minimum absolute atomic E-state index is 0.0213. The molecule has 4 rings (SSSR count). The summed E-state index contributed by atoms with van der Waals surface area (Å²) in [6.45, 7) is 5.41. The Balaban J connectivity index is 1.90. The molecule has 1 aromatic carbocycles. The Kier molecular flexibility index (Phi) is 4.39. The Morgan fingerprint density at radius 1 is 1.00 bits per heavy atom. The van der Waals surface area contributed by atoms with E-state index in [9.17, 15) is 14.4 Å². The van der Waals surface area contributed by atoms with Gasteiger partial charge in [-0.2, -0.15) is 4.68 Å². The van der Waals surface area contributed by atoms with Crippen LogP contribution in [0.15, 0.2) is 40.7 Å². The van der Waals surface area contributed by atoms with Crippen LogP contribution in [0.3, 0.4) is 0 Å². The first kappa shape index (κ1) is 18.8. The number of para-hydroxylation sites is 1. The van der Waals surface area contributed by atoms with Gasteiger partial charge in [0.05, 0.1) is 10.9 Å². The normalized spacial score (nSPS) is 14.2. The average Bonchev–Trinajstić information content (AvgIpc) is 2.92. The van der Waals surface area contributed by atoms with Crippen molar-refractivity contribution in [3.8, 4) is 0 Å². The first-order valence-electron chi connectivity index (χ1n) is 8.84. The number of carbonyl (C=O) groups is 2. The molecule has 3 aromatic rings. The fourth-order valence-corrected chi connectivity index (χ4v) is 3.65. The van der Waals surface area contributed by atoms with Crippen molar-refractivity contribution >= 4 is 46.1 Å². The quantitative estimate of drug-likeness (QED) is 0.380. The molecular weight excluding hydrogens is 390 g/mol. The second-order valence-corrected chi connectivity index (χ2v) is 7.14. The SMILES string of the molecule is Cc1cc(C=C2C(=O)NC(=S)NC2=O)c(C)n1-n1c(C)nc2ccccc2c1=O. The fourth-order valence-electron chi connectivity index (χ4n) is 3.46. The number of nitrogens with zero attached hydrogens (tertiary/aromatic N) is 3. The molecule has 2 amide bonds. The van der Waals surface area contributed by atoms with Crippen molar-refractivity contribution < 1.29 is 9.59 Å². The highest BCUT2D eigenvalue weighted by molar-refractivity contribution is 7.80. The Bertz CT molecular complexity index is 1290. The van der Waals surface area contributed by atoms with Gasteiger partial charge in [0.15, 0.2) is 5.11 Å². The number of carbonyl (C=O) groups excluding carboxylic acids is 2. The van der Waals surface area contributed by atoms with Crippen molar-refractivity contribution in [2.45, 2.75) is 20.8 Å². The van der Waals surface area contributed by atoms with E-state index in [1.165, 1.54) is 10.8 Å². The van der Waals surface area contributed by atoms with E-state index in [4.69, 9.17) is 12.2 Å². The lowest BCUT2D eigenvalue weighted by Gasteiger charge is -2.17. The first-order chi connectivity index (χ1) is 13.8. The molecule has 0 saturated carbocycles.